The minimum absolute atomic E-state index is 0. The minimum atomic E-state index is -0.638. The summed E-state index contributed by atoms with van der Waals surface area (Å²) in [4.78, 5) is 23.7. The van der Waals surface area contributed by atoms with E-state index in [1.54, 1.807) is 7.11 Å². The van der Waals surface area contributed by atoms with Crippen LogP contribution in [0.15, 0.2) is 42.5 Å². The molecule has 0 bridgehead atoms. The molecule has 0 spiro atoms. The van der Waals surface area contributed by atoms with Crippen molar-refractivity contribution in [2.45, 2.75) is 79.2 Å². The molecule has 0 aliphatic carbocycles. The Morgan fingerprint density at radius 1 is 0.951 bits per heavy atom. The van der Waals surface area contributed by atoms with Gasteiger partial charge in [0.2, 0.25) is 5.91 Å². The van der Waals surface area contributed by atoms with E-state index in [0.717, 1.165) is 66.3 Å². The van der Waals surface area contributed by atoms with Gasteiger partial charge >= 0.3 is 0 Å². The van der Waals surface area contributed by atoms with Crippen LogP contribution in [0.25, 0.3) is 22.4 Å². The molecule has 1 aromatic heterocycles. The van der Waals surface area contributed by atoms with Crippen molar-refractivity contribution in [1.29, 1.82) is 0 Å². The van der Waals surface area contributed by atoms with Gasteiger partial charge < -0.3 is 19.1 Å². The molecule has 41 heavy (non-hydrogen) atoms. The van der Waals surface area contributed by atoms with Crippen molar-refractivity contribution in [3.63, 3.8) is 0 Å². The number of carbonyl (C=O) groups is 1. The van der Waals surface area contributed by atoms with Gasteiger partial charge in [-0.1, -0.05) is 40.2 Å². The van der Waals surface area contributed by atoms with Gasteiger partial charge in [0.05, 0.1) is 23.6 Å². The number of aromatic nitrogens is 2. The summed E-state index contributed by atoms with van der Waals surface area (Å²) in [5.41, 5.74) is 3.55. The molecular formula is C34H51ClN4O2. The molecule has 0 atom stereocenters. The smallest absolute Gasteiger partial charge is 0.232 e. The molecule has 4 rings (SSSR count). The van der Waals surface area contributed by atoms with Crippen LogP contribution in [-0.2, 0) is 16.8 Å². The van der Waals surface area contributed by atoms with Crippen molar-refractivity contribution in [2.75, 3.05) is 39.8 Å². The third-order valence-electron chi connectivity index (χ3n) is 8.12. The Morgan fingerprint density at radius 2 is 1.59 bits per heavy atom. The van der Waals surface area contributed by atoms with Gasteiger partial charge in [0, 0.05) is 25.2 Å². The molecule has 1 aliphatic rings. The Balaban J connectivity index is 0.00000462. The van der Waals surface area contributed by atoms with Crippen molar-refractivity contribution in [2.24, 2.45) is 11.8 Å². The van der Waals surface area contributed by atoms with Crippen LogP contribution in [0.2, 0.25) is 0 Å². The lowest BCUT2D eigenvalue weighted by Crippen LogP contribution is -2.46. The summed E-state index contributed by atoms with van der Waals surface area (Å²) in [6.07, 6.45) is 5.04. The fraction of sp³-hybridized carbons (Fsp3) is 0.588. The number of halogens is 1. The SMILES string of the molecule is COc1ccc(-c2nc3ccc(C(C)(C)C(=O)N(CC(C)C)CC(C)C)cc3n2CCCN2CCCCC2)cc1.Cl. The maximum absolute atomic E-state index is 14.0. The lowest BCUT2D eigenvalue weighted by Gasteiger charge is -2.34. The summed E-state index contributed by atoms with van der Waals surface area (Å²) in [6.45, 7) is 18.8. The number of imidazole rings is 1. The van der Waals surface area contributed by atoms with Crippen LogP contribution in [0.1, 0.15) is 72.8 Å². The maximum Gasteiger partial charge on any atom is 0.232 e. The van der Waals surface area contributed by atoms with Crippen molar-refractivity contribution in [3.05, 3.63) is 48.0 Å². The number of aryl methyl sites for hydroxylation is 1. The number of ether oxygens (including phenoxy) is 1. The molecule has 1 saturated heterocycles. The number of benzene rings is 2. The lowest BCUT2D eigenvalue weighted by atomic mass is 9.82. The molecule has 1 fully saturated rings. The minimum Gasteiger partial charge on any atom is -0.497 e. The third kappa shape index (κ3) is 8.04. The molecule has 6 nitrogen and oxygen atoms in total. The molecule has 7 heteroatoms. The van der Waals surface area contributed by atoms with Gasteiger partial charge in [0.25, 0.3) is 0 Å². The molecule has 0 radical (unpaired) electrons. The van der Waals surface area contributed by atoms with Crippen molar-refractivity contribution in [1.82, 2.24) is 19.4 Å². The molecule has 2 aromatic carbocycles. The van der Waals surface area contributed by atoms with Gasteiger partial charge in [0.1, 0.15) is 11.6 Å². The van der Waals surface area contributed by atoms with E-state index in [0.29, 0.717) is 11.8 Å². The Kier molecular flexibility index (Phi) is 11.7. The molecule has 226 valence electrons. The Bertz CT molecular complexity index is 1250. The van der Waals surface area contributed by atoms with Gasteiger partial charge in [-0.25, -0.2) is 4.98 Å². The van der Waals surface area contributed by atoms with Crippen molar-refractivity contribution in [3.8, 4) is 17.1 Å². The topological polar surface area (TPSA) is 50.6 Å². The second-order valence-electron chi connectivity index (χ2n) is 12.9. The average Bonchev–Trinajstić information content (AvgIpc) is 3.30. The van der Waals surface area contributed by atoms with Crippen molar-refractivity contribution < 1.29 is 9.53 Å². The van der Waals surface area contributed by atoms with Crippen LogP contribution in [0, 0.1) is 11.8 Å². The zero-order chi connectivity index (χ0) is 28.9. The van der Waals surface area contributed by atoms with E-state index in [9.17, 15) is 4.79 Å². The zero-order valence-corrected chi connectivity index (χ0v) is 27.1. The highest BCUT2D eigenvalue weighted by Crippen LogP contribution is 2.32. The molecule has 0 N–H and O–H groups in total. The van der Waals surface area contributed by atoms with Crippen LogP contribution >= 0.6 is 12.4 Å². The Morgan fingerprint density at radius 3 is 2.17 bits per heavy atom. The number of rotatable bonds is 12. The number of amides is 1. The number of hydrogen-bond donors (Lipinski definition) is 0. The molecule has 0 unspecified atom stereocenters. The molecule has 3 aromatic rings. The monoisotopic (exact) mass is 582 g/mol. The predicted molar refractivity (Wildman–Crippen MR) is 173 cm³/mol. The number of piperidine rings is 1. The number of likely N-dealkylation sites (tertiary alicyclic amines) is 1. The number of nitrogens with zero attached hydrogens (tertiary/aromatic N) is 4. The summed E-state index contributed by atoms with van der Waals surface area (Å²) in [5.74, 6) is 2.86. The molecule has 0 saturated carbocycles. The van der Waals surface area contributed by atoms with E-state index in [-0.39, 0.29) is 18.3 Å². The first-order valence-corrected chi connectivity index (χ1v) is 15.3. The second-order valence-corrected chi connectivity index (χ2v) is 12.9. The fourth-order valence-electron chi connectivity index (χ4n) is 5.97. The van der Waals surface area contributed by atoms with Crippen LogP contribution in [0.4, 0.5) is 0 Å². The second kappa shape index (κ2) is 14.6. The van der Waals surface area contributed by atoms with Gasteiger partial charge in [0.15, 0.2) is 0 Å². The quantitative estimate of drug-likeness (QED) is 0.223. The maximum atomic E-state index is 14.0. The summed E-state index contributed by atoms with van der Waals surface area (Å²) >= 11 is 0. The van der Waals surface area contributed by atoms with Gasteiger partial charge in [-0.15, -0.1) is 12.4 Å². The van der Waals surface area contributed by atoms with E-state index in [4.69, 9.17) is 9.72 Å². The molecule has 1 aliphatic heterocycles. The Hall–Kier alpha value is -2.57. The molecule has 1 amide bonds. The largest absolute Gasteiger partial charge is 0.497 e. The molecular weight excluding hydrogens is 532 g/mol. The van der Waals surface area contributed by atoms with E-state index in [2.05, 4.69) is 86.2 Å². The predicted octanol–water partition coefficient (Wildman–Crippen LogP) is 7.43. The van der Waals surface area contributed by atoms with Crippen molar-refractivity contribution >= 4 is 29.3 Å². The highest BCUT2D eigenvalue weighted by Gasteiger charge is 2.35. The summed E-state index contributed by atoms with van der Waals surface area (Å²) < 4.78 is 7.77. The summed E-state index contributed by atoms with van der Waals surface area (Å²) in [7, 11) is 1.69. The number of carbonyl (C=O) groups excluding carboxylic acids is 1. The van der Waals surface area contributed by atoms with Gasteiger partial charge in [-0.05, 0) is 107 Å². The Labute approximate surface area is 253 Å². The normalized spacial score (nSPS) is 14.5. The first-order chi connectivity index (χ1) is 19.1. The highest BCUT2D eigenvalue weighted by atomic mass is 35.5. The zero-order valence-electron chi connectivity index (χ0n) is 26.3. The van der Waals surface area contributed by atoms with E-state index in [1.807, 2.05) is 12.1 Å². The average molecular weight is 583 g/mol. The van der Waals surface area contributed by atoms with E-state index in [1.165, 1.54) is 32.4 Å². The van der Waals surface area contributed by atoms with Gasteiger partial charge in [-0.2, -0.15) is 0 Å². The standard InChI is InChI=1S/C34H50N4O2.ClH/c1-25(2)23-37(24-26(3)4)33(39)34(5,6)28-14-17-30-31(22-28)38(21-11-20-36-18-9-8-10-19-36)32(35-30)27-12-15-29(40-7)16-13-27;/h12-17,22,25-26H,8-11,18-21,23-24H2,1-7H3;1H. The third-order valence-corrected chi connectivity index (χ3v) is 8.12. The van der Waals surface area contributed by atoms with E-state index >= 15 is 0 Å². The van der Waals surface area contributed by atoms with Crippen LogP contribution < -0.4 is 4.74 Å². The van der Waals surface area contributed by atoms with Crippen LogP contribution in [0.3, 0.4) is 0 Å². The van der Waals surface area contributed by atoms with Gasteiger partial charge in [-0.3, -0.25) is 4.79 Å². The first kappa shape index (κ1) is 32.9. The lowest BCUT2D eigenvalue weighted by molar-refractivity contribution is -0.137. The number of hydrogen-bond acceptors (Lipinski definition) is 4. The van der Waals surface area contributed by atoms with Crippen LogP contribution in [-0.4, -0.2) is 65.1 Å². The summed E-state index contributed by atoms with van der Waals surface area (Å²) in [5, 5.41) is 0. The highest BCUT2D eigenvalue weighted by molar-refractivity contribution is 5.90. The molecule has 2 heterocycles. The summed E-state index contributed by atoms with van der Waals surface area (Å²) in [6, 6.07) is 14.6. The first-order valence-electron chi connectivity index (χ1n) is 15.3. The van der Waals surface area contributed by atoms with Crippen LogP contribution in [0.5, 0.6) is 5.75 Å². The number of fused-ring (bicyclic) bond motifs is 1. The number of methoxy groups -OCH3 is 1. The van der Waals surface area contributed by atoms with E-state index < -0.39 is 5.41 Å². The fourth-order valence-corrected chi connectivity index (χ4v) is 5.97.